The number of rotatable bonds is 8. The van der Waals surface area contributed by atoms with Gasteiger partial charge in [0, 0.05) is 12.1 Å². The fourth-order valence-corrected chi connectivity index (χ4v) is 3.53. The molecule has 1 aromatic carbocycles. The van der Waals surface area contributed by atoms with Gasteiger partial charge in [-0.2, -0.15) is 0 Å². The molecule has 9 atom stereocenters. The first-order chi connectivity index (χ1) is 15.7. The summed E-state index contributed by atoms with van der Waals surface area (Å²) in [4.78, 5) is 0. The molecule has 0 unspecified atom stereocenters. The maximum Gasteiger partial charge on any atom is 0.229 e. The van der Waals surface area contributed by atoms with E-state index in [4.69, 9.17) is 33.2 Å². The smallest absolute Gasteiger partial charge is 0.229 e. The van der Waals surface area contributed by atoms with Crippen molar-refractivity contribution in [3.05, 3.63) is 12.1 Å². The van der Waals surface area contributed by atoms with Crippen molar-refractivity contribution in [1.82, 2.24) is 0 Å². The normalized spacial score (nSPS) is 36.8. The van der Waals surface area contributed by atoms with Gasteiger partial charge in [0.1, 0.15) is 48.5 Å². The van der Waals surface area contributed by atoms with Crippen LogP contribution in [-0.2, 0) is 14.2 Å². The predicted octanol–water partition coefficient (Wildman–Crippen LogP) is -2.65. The van der Waals surface area contributed by atoms with E-state index in [9.17, 15) is 30.6 Å². The van der Waals surface area contributed by atoms with E-state index >= 15 is 0 Å². The molecule has 2 fully saturated rings. The molecule has 6 N–H and O–H groups in total. The van der Waals surface area contributed by atoms with Crippen LogP contribution in [0.2, 0.25) is 0 Å². The predicted molar refractivity (Wildman–Crippen MR) is 107 cm³/mol. The first-order valence-electron chi connectivity index (χ1n) is 10.2. The van der Waals surface area contributed by atoms with Gasteiger partial charge in [-0.3, -0.25) is 0 Å². The molecule has 2 aliphatic heterocycles. The van der Waals surface area contributed by atoms with E-state index in [1.54, 1.807) is 0 Å². The minimum atomic E-state index is -1.65. The average Bonchev–Trinajstić information content (AvgIpc) is 2.82. The summed E-state index contributed by atoms with van der Waals surface area (Å²) in [6.07, 6.45) is -13.1. The fraction of sp³-hybridized carbons (Fsp3) is 0.700. The molecular formula is C20H30O13. The Morgan fingerprint density at radius 3 is 1.97 bits per heavy atom. The summed E-state index contributed by atoms with van der Waals surface area (Å²) in [6.45, 7) is -0.671. The molecule has 0 aromatic heterocycles. The van der Waals surface area contributed by atoms with E-state index in [-0.39, 0.29) is 23.9 Å². The van der Waals surface area contributed by atoms with Gasteiger partial charge < -0.3 is 63.8 Å². The summed E-state index contributed by atoms with van der Waals surface area (Å²) in [5.41, 5.74) is 0. The van der Waals surface area contributed by atoms with E-state index in [0.29, 0.717) is 5.75 Å². The molecule has 2 aliphatic rings. The molecule has 2 saturated heterocycles. The molecule has 13 nitrogen and oxygen atoms in total. The molecule has 13 heteroatoms. The molecule has 3 rings (SSSR count). The maximum absolute atomic E-state index is 10.4. The standard InChI is InChI=1S/C20H30O13/c1-27-10-4-8(5-11(28-2)18(10)29-3)32-20-17(26)15(24)14(23)12(33-20)7-31-19-16(25)13(22)9(21)6-30-19/h4-5,9,12-17,19-26H,6-7H2,1-3H3/t9-,12-,13-,14-,15+,16-,17-,19-,20+/m1/s1. The van der Waals surface area contributed by atoms with Crippen LogP contribution in [0.5, 0.6) is 23.0 Å². The lowest BCUT2D eigenvalue weighted by Crippen LogP contribution is -2.61. The number of aliphatic hydroxyl groups is 6. The molecule has 0 radical (unpaired) electrons. The van der Waals surface area contributed by atoms with Gasteiger partial charge in [-0.1, -0.05) is 0 Å². The Balaban J connectivity index is 1.71. The van der Waals surface area contributed by atoms with Gasteiger partial charge >= 0.3 is 0 Å². The lowest BCUT2D eigenvalue weighted by atomic mass is 9.99. The highest BCUT2D eigenvalue weighted by molar-refractivity contribution is 5.55. The molecule has 0 aliphatic carbocycles. The van der Waals surface area contributed by atoms with Crippen LogP contribution in [0.3, 0.4) is 0 Å². The lowest BCUT2D eigenvalue weighted by molar-refractivity contribution is -0.307. The quantitative estimate of drug-likeness (QED) is 0.228. The summed E-state index contributed by atoms with van der Waals surface area (Å²) < 4.78 is 37.5. The van der Waals surface area contributed by atoms with Gasteiger partial charge in [0.2, 0.25) is 12.0 Å². The van der Waals surface area contributed by atoms with Crippen molar-refractivity contribution in [3.63, 3.8) is 0 Å². The molecule has 0 spiro atoms. The second-order valence-electron chi connectivity index (χ2n) is 7.58. The number of benzene rings is 1. The zero-order chi connectivity index (χ0) is 24.3. The van der Waals surface area contributed by atoms with E-state index in [1.165, 1.54) is 33.5 Å². The van der Waals surface area contributed by atoms with Gasteiger partial charge in [0.25, 0.3) is 0 Å². The summed E-state index contributed by atoms with van der Waals surface area (Å²) in [5, 5.41) is 60.2. The highest BCUT2D eigenvalue weighted by atomic mass is 16.7. The van der Waals surface area contributed by atoms with Crippen molar-refractivity contribution >= 4 is 0 Å². The Kier molecular flexibility index (Phi) is 8.55. The third-order valence-electron chi connectivity index (χ3n) is 5.44. The zero-order valence-corrected chi connectivity index (χ0v) is 18.3. The highest BCUT2D eigenvalue weighted by Gasteiger charge is 2.46. The Hall–Kier alpha value is -1.94. The van der Waals surface area contributed by atoms with Crippen molar-refractivity contribution in [1.29, 1.82) is 0 Å². The van der Waals surface area contributed by atoms with Crippen LogP contribution >= 0.6 is 0 Å². The molecule has 0 bridgehead atoms. The molecule has 0 amide bonds. The minimum absolute atomic E-state index is 0.153. The summed E-state index contributed by atoms with van der Waals surface area (Å²) >= 11 is 0. The van der Waals surface area contributed by atoms with Gasteiger partial charge in [-0.15, -0.1) is 0 Å². The third-order valence-corrected chi connectivity index (χ3v) is 5.44. The van der Waals surface area contributed by atoms with E-state index in [0.717, 1.165) is 0 Å². The maximum atomic E-state index is 10.4. The first-order valence-corrected chi connectivity index (χ1v) is 10.2. The number of hydrogen-bond acceptors (Lipinski definition) is 13. The second-order valence-corrected chi connectivity index (χ2v) is 7.58. The topological polar surface area (TPSA) is 186 Å². The van der Waals surface area contributed by atoms with E-state index < -0.39 is 61.9 Å². The van der Waals surface area contributed by atoms with Crippen molar-refractivity contribution in [3.8, 4) is 23.0 Å². The molecule has 2 heterocycles. The Bertz CT molecular complexity index is 751. The fourth-order valence-electron chi connectivity index (χ4n) is 3.53. The van der Waals surface area contributed by atoms with E-state index in [1.807, 2.05) is 0 Å². The summed E-state index contributed by atoms with van der Waals surface area (Å²) in [5.74, 6) is 1.03. The monoisotopic (exact) mass is 478 g/mol. The molecule has 1 aromatic rings. The summed E-state index contributed by atoms with van der Waals surface area (Å²) in [7, 11) is 4.26. The van der Waals surface area contributed by atoms with Crippen LogP contribution in [0, 0.1) is 0 Å². The Morgan fingerprint density at radius 1 is 0.788 bits per heavy atom. The number of ether oxygens (including phenoxy) is 7. The average molecular weight is 478 g/mol. The van der Waals surface area contributed by atoms with Crippen molar-refractivity contribution in [2.75, 3.05) is 34.5 Å². The second kappa shape index (κ2) is 11.0. The molecule has 33 heavy (non-hydrogen) atoms. The molecule has 0 saturated carbocycles. The van der Waals surface area contributed by atoms with Crippen molar-refractivity contribution in [2.45, 2.75) is 55.3 Å². The Labute approximate surface area is 189 Å². The van der Waals surface area contributed by atoms with Crippen LogP contribution in [0.1, 0.15) is 0 Å². The van der Waals surface area contributed by atoms with E-state index in [2.05, 4.69) is 0 Å². The van der Waals surface area contributed by atoms with Crippen molar-refractivity contribution in [2.24, 2.45) is 0 Å². The number of hydrogen-bond donors (Lipinski definition) is 6. The first kappa shape index (κ1) is 25.7. The summed E-state index contributed by atoms with van der Waals surface area (Å²) in [6, 6.07) is 2.92. The lowest BCUT2D eigenvalue weighted by Gasteiger charge is -2.41. The molecule has 188 valence electrons. The van der Waals surface area contributed by atoms with Gasteiger partial charge in [-0.05, 0) is 0 Å². The van der Waals surface area contributed by atoms with Crippen LogP contribution in [-0.4, -0.2) is 120 Å². The minimum Gasteiger partial charge on any atom is -0.493 e. The number of methoxy groups -OCH3 is 3. The molecular weight excluding hydrogens is 448 g/mol. The van der Waals surface area contributed by atoms with Crippen LogP contribution in [0.15, 0.2) is 12.1 Å². The van der Waals surface area contributed by atoms with Crippen LogP contribution in [0.4, 0.5) is 0 Å². The SMILES string of the molecule is COc1cc(O[C@H]2O[C@H](CO[C@H]3OC[C@@H](O)[C@@H](O)[C@H]3O)[C@@H](O)[C@H](O)[C@H]2O)cc(OC)c1OC. The largest absolute Gasteiger partial charge is 0.493 e. The number of aliphatic hydroxyl groups excluding tert-OH is 6. The third kappa shape index (κ3) is 5.42. The van der Waals surface area contributed by atoms with Crippen molar-refractivity contribution < 1.29 is 63.8 Å². The van der Waals surface area contributed by atoms with Gasteiger partial charge in [0.05, 0.1) is 34.5 Å². The van der Waals surface area contributed by atoms with Crippen LogP contribution in [0.25, 0.3) is 0 Å². The van der Waals surface area contributed by atoms with Gasteiger partial charge in [-0.25, -0.2) is 0 Å². The zero-order valence-electron chi connectivity index (χ0n) is 18.3. The van der Waals surface area contributed by atoms with Gasteiger partial charge in [0.15, 0.2) is 17.8 Å². The van der Waals surface area contributed by atoms with Crippen LogP contribution < -0.4 is 18.9 Å². The Morgan fingerprint density at radius 2 is 1.39 bits per heavy atom. The highest BCUT2D eigenvalue weighted by Crippen LogP contribution is 2.41.